The van der Waals surface area contributed by atoms with E-state index in [4.69, 9.17) is 17.3 Å². The van der Waals surface area contributed by atoms with Gasteiger partial charge in [0.15, 0.2) is 0 Å². The van der Waals surface area contributed by atoms with E-state index in [9.17, 15) is 18.0 Å². The maximum atomic E-state index is 13.1. The van der Waals surface area contributed by atoms with Gasteiger partial charge in [0, 0.05) is 25.7 Å². The standard InChI is InChI=1S/C22H32ClN5O4S/c23-18-13-17(7-8-19(18)24)33(31,32)25-20-6-4-11-27(22(20)30)15-21(29)28-12-3-5-16(28)14-26-9-1-2-10-26/h7-8,13,16,20,25H,1-6,9-12,14-15,24H2. The Bertz CT molecular complexity index is 999. The summed E-state index contributed by atoms with van der Waals surface area (Å²) in [5, 5.41) is 0.133. The number of carbonyl (C=O) groups is 2. The Labute approximate surface area is 200 Å². The molecule has 3 aliphatic rings. The molecule has 1 aromatic carbocycles. The molecule has 182 valence electrons. The molecule has 0 aliphatic carbocycles. The number of amides is 2. The normalized spacial score (nSPS) is 24.6. The van der Waals surface area contributed by atoms with Crippen LogP contribution in [0.3, 0.4) is 0 Å². The van der Waals surface area contributed by atoms with Crippen LogP contribution in [-0.4, -0.2) is 86.3 Å². The number of carbonyl (C=O) groups excluding carboxylic acids is 2. The number of benzene rings is 1. The van der Waals surface area contributed by atoms with E-state index in [0.717, 1.165) is 32.5 Å². The number of hydrogen-bond acceptors (Lipinski definition) is 6. The zero-order chi connectivity index (χ0) is 23.6. The molecule has 2 amide bonds. The third-order valence-electron chi connectivity index (χ3n) is 6.80. The molecule has 3 fully saturated rings. The summed E-state index contributed by atoms with van der Waals surface area (Å²) >= 11 is 5.96. The van der Waals surface area contributed by atoms with Crippen molar-refractivity contribution in [2.45, 2.75) is 55.5 Å². The van der Waals surface area contributed by atoms with Crippen LogP contribution in [0.2, 0.25) is 5.02 Å². The van der Waals surface area contributed by atoms with E-state index in [1.807, 2.05) is 4.90 Å². The third-order valence-corrected chi connectivity index (χ3v) is 8.60. The summed E-state index contributed by atoms with van der Waals surface area (Å²) < 4.78 is 28.1. The Morgan fingerprint density at radius 3 is 2.55 bits per heavy atom. The van der Waals surface area contributed by atoms with Gasteiger partial charge in [-0.15, -0.1) is 0 Å². The maximum absolute atomic E-state index is 13.1. The lowest BCUT2D eigenvalue weighted by Gasteiger charge is -2.34. The maximum Gasteiger partial charge on any atom is 0.242 e. The lowest BCUT2D eigenvalue weighted by atomic mass is 10.1. The molecule has 0 radical (unpaired) electrons. The van der Waals surface area contributed by atoms with E-state index in [2.05, 4.69) is 9.62 Å². The first-order valence-corrected chi connectivity index (χ1v) is 13.5. The Morgan fingerprint density at radius 2 is 1.82 bits per heavy atom. The zero-order valence-electron chi connectivity index (χ0n) is 18.7. The number of rotatable bonds is 7. The van der Waals surface area contributed by atoms with Crippen LogP contribution >= 0.6 is 11.6 Å². The predicted octanol–water partition coefficient (Wildman–Crippen LogP) is 1.28. The average Bonchev–Trinajstić information content (AvgIpc) is 3.45. The van der Waals surface area contributed by atoms with Gasteiger partial charge in [-0.2, -0.15) is 4.72 Å². The summed E-state index contributed by atoms with van der Waals surface area (Å²) in [7, 11) is -3.96. The topological polar surface area (TPSA) is 116 Å². The van der Waals surface area contributed by atoms with E-state index < -0.39 is 16.1 Å². The SMILES string of the molecule is Nc1ccc(S(=O)(=O)NC2CCCN(CC(=O)N3CCCC3CN3CCCC3)C2=O)cc1Cl. The Morgan fingerprint density at radius 1 is 1.09 bits per heavy atom. The van der Waals surface area contributed by atoms with Gasteiger partial charge >= 0.3 is 0 Å². The highest BCUT2D eigenvalue weighted by Gasteiger charge is 2.36. The molecule has 0 spiro atoms. The van der Waals surface area contributed by atoms with Gasteiger partial charge in [0.05, 0.1) is 22.2 Å². The molecule has 1 aromatic rings. The summed E-state index contributed by atoms with van der Waals surface area (Å²) in [6, 6.07) is 3.32. The van der Waals surface area contributed by atoms with Crippen molar-refractivity contribution >= 4 is 39.1 Å². The highest BCUT2D eigenvalue weighted by atomic mass is 35.5. The van der Waals surface area contributed by atoms with Crippen LogP contribution in [0.5, 0.6) is 0 Å². The Kier molecular flexibility index (Phi) is 7.47. The van der Waals surface area contributed by atoms with Gasteiger partial charge in [-0.3, -0.25) is 9.59 Å². The summed E-state index contributed by atoms with van der Waals surface area (Å²) in [6.07, 6.45) is 5.39. The van der Waals surface area contributed by atoms with Crippen molar-refractivity contribution in [3.8, 4) is 0 Å². The van der Waals surface area contributed by atoms with E-state index >= 15 is 0 Å². The highest BCUT2D eigenvalue weighted by molar-refractivity contribution is 7.89. The Hall–Kier alpha value is -1.88. The lowest BCUT2D eigenvalue weighted by molar-refractivity contribution is -0.143. The molecule has 0 aromatic heterocycles. The molecule has 2 unspecified atom stereocenters. The number of piperidine rings is 1. The van der Waals surface area contributed by atoms with Crippen molar-refractivity contribution < 1.29 is 18.0 Å². The van der Waals surface area contributed by atoms with E-state index in [1.54, 1.807) is 0 Å². The number of halogens is 1. The van der Waals surface area contributed by atoms with Crippen molar-refractivity contribution in [3.63, 3.8) is 0 Å². The number of hydrogen-bond donors (Lipinski definition) is 2. The van der Waals surface area contributed by atoms with Crippen LogP contribution in [0.1, 0.15) is 38.5 Å². The van der Waals surface area contributed by atoms with E-state index in [1.165, 1.54) is 35.9 Å². The summed E-state index contributed by atoms with van der Waals surface area (Å²) in [6.45, 7) is 4.22. The monoisotopic (exact) mass is 497 g/mol. The second kappa shape index (κ2) is 10.2. The van der Waals surface area contributed by atoms with Crippen LogP contribution in [-0.2, 0) is 19.6 Å². The summed E-state index contributed by atoms with van der Waals surface area (Å²) in [5.41, 5.74) is 5.94. The summed E-state index contributed by atoms with van der Waals surface area (Å²) in [4.78, 5) is 31.9. The second-order valence-corrected chi connectivity index (χ2v) is 11.3. The van der Waals surface area contributed by atoms with Crippen molar-refractivity contribution in [2.75, 3.05) is 45.0 Å². The molecule has 3 heterocycles. The molecule has 3 aliphatic heterocycles. The fraction of sp³-hybridized carbons (Fsp3) is 0.636. The Balaban J connectivity index is 1.37. The van der Waals surface area contributed by atoms with Crippen molar-refractivity contribution in [3.05, 3.63) is 23.2 Å². The van der Waals surface area contributed by atoms with Gasteiger partial charge < -0.3 is 20.4 Å². The largest absolute Gasteiger partial charge is 0.398 e. The van der Waals surface area contributed by atoms with Crippen molar-refractivity contribution in [2.24, 2.45) is 0 Å². The minimum atomic E-state index is -3.96. The predicted molar refractivity (Wildman–Crippen MR) is 126 cm³/mol. The average molecular weight is 498 g/mol. The van der Waals surface area contributed by atoms with Crippen LogP contribution in [0.4, 0.5) is 5.69 Å². The number of nitrogen functional groups attached to an aromatic ring is 1. The molecule has 3 saturated heterocycles. The van der Waals surface area contributed by atoms with Gasteiger partial charge in [0.25, 0.3) is 0 Å². The number of nitrogens with zero attached hydrogens (tertiary/aromatic N) is 3. The molecule has 3 N–H and O–H groups in total. The van der Waals surface area contributed by atoms with Gasteiger partial charge in [-0.05, 0) is 69.8 Å². The molecular weight excluding hydrogens is 466 g/mol. The molecule has 9 nitrogen and oxygen atoms in total. The minimum absolute atomic E-state index is 0.0126. The molecule has 4 rings (SSSR count). The number of sulfonamides is 1. The molecule has 2 atom stereocenters. The highest BCUT2D eigenvalue weighted by Crippen LogP contribution is 2.24. The first-order chi connectivity index (χ1) is 15.7. The van der Waals surface area contributed by atoms with Crippen LogP contribution in [0, 0.1) is 0 Å². The number of nitrogens with one attached hydrogen (secondary N) is 1. The minimum Gasteiger partial charge on any atom is -0.398 e. The fourth-order valence-corrected chi connectivity index (χ4v) is 6.50. The molecular formula is C22H32ClN5O4S. The third kappa shape index (κ3) is 5.62. The second-order valence-electron chi connectivity index (χ2n) is 9.15. The van der Waals surface area contributed by atoms with Gasteiger partial charge in [0.2, 0.25) is 21.8 Å². The van der Waals surface area contributed by atoms with E-state index in [0.29, 0.717) is 25.9 Å². The van der Waals surface area contributed by atoms with Crippen LogP contribution < -0.4 is 10.5 Å². The van der Waals surface area contributed by atoms with Crippen LogP contribution in [0.25, 0.3) is 0 Å². The van der Waals surface area contributed by atoms with Crippen molar-refractivity contribution in [1.29, 1.82) is 0 Å². The van der Waals surface area contributed by atoms with Crippen molar-refractivity contribution in [1.82, 2.24) is 19.4 Å². The first-order valence-electron chi connectivity index (χ1n) is 11.6. The fourth-order valence-electron chi connectivity index (χ4n) is 5.01. The van der Waals surface area contributed by atoms with Gasteiger partial charge in [-0.1, -0.05) is 11.6 Å². The number of likely N-dealkylation sites (tertiary alicyclic amines) is 3. The molecule has 0 bridgehead atoms. The van der Waals surface area contributed by atoms with Gasteiger partial charge in [0.1, 0.15) is 6.04 Å². The molecule has 33 heavy (non-hydrogen) atoms. The molecule has 0 saturated carbocycles. The van der Waals surface area contributed by atoms with Gasteiger partial charge in [-0.25, -0.2) is 8.42 Å². The van der Waals surface area contributed by atoms with Crippen LogP contribution in [0.15, 0.2) is 23.1 Å². The lowest BCUT2D eigenvalue weighted by Crippen LogP contribution is -2.55. The number of nitrogens with two attached hydrogens (primary N) is 1. The first kappa shape index (κ1) is 24.3. The number of anilines is 1. The molecule has 11 heteroatoms. The van der Waals surface area contributed by atoms with E-state index in [-0.39, 0.29) is 40.0 Å². The smallest absolute Gasteiger partial charge is 0.242 e. The zero-order valence-corrected chi connectivity index (χ0v) is 20.3. The summed E-state index contributed by atoms with van der Waals surface area (Å²) in [5.74, 6) is -0.422. The quantitative estimate of drug-likeness (QED) is 0.548.